The van der Waals surface area contributed by atoms with Gasteiger partial charge in [0.1, 0.15) is 6.20 Å². The minimum Gasteiger partial charge on any atom is -0.388 e. The van der Waals surface area contributed by atoms with E-state index in [1.165, 1.54) is 0 Å². The van der Waals surface area contributed by atoms with Gasteiger partial charge >= 0.3 is 5.69 Å². The van der Waals surface area contributed by atoms with Crippen LogP contribution in [0.3, 0.4) is 0 Å². The first-order valence-corrected chi connectivity index (χ1v) is 6.73. The van der Waals surface area contributed by atoms with Gasteiger partial charge in [0, 0.05) is 6.54 Å². The maximum Gasteiger partial charge on any atom is 0.329 e. The minimum absolute atomic E-state index is 0.0362. The van der Waals surface area contributed by atoms with Crippen molar-refractivity contribution >= 4 is 17.5 Å². The summed E-state index contributed by atoms with van der Waals surface area (Å²) in [6.07, 6.45) is 6.61. The van der Waals surface area contributed by atoms with E-state index >= 15 is 0 Å². The highest BCUT2D eigenvalue weighted by Crippen LogP contribution is 2.28. The predicted octanol–water partition coefficient (Wildman–Crippen LogP) is 1.46. The fourth-order valence-electron chi connectivity index (χ4n) is 2.46. The highest BCUT2D eigenvalue weighted by molar-refractivity contribution is 5.56. The number of nitrogens with two attached hydrogens (primary N) is 1. The van der Waals surface area contributed by atoms with Gasteiger partial charge in [-0.25, -0.2) is 4.98 Å². The molecule has 0 radical (unpaired) electrons. The normalized spacial score (nSPS) is 18.2. The van der Waals surface area contributed by atoms with Crippen LogP contribution in [-0.2, 0) is 0 Å². The third kappa shape index (κ3) is 3.53. The summed E-state index contributed by atoms with van der Waals surface area (Å²) in [4.78, 5) is 17.8. The highest BCUT2D eigenvalue weighted by Gasteiger charge is 2.29. The van der Waals surface area contributed by atoms with Crippen LogP contribution in [0.5, 0.6) is 0 Å². The van der Waals surface area contributed by atoms with Crippen molar-refractivity contribution in [3.63, 3.8) is 0 Å². The van der Waals surface area contributed by atoms with E-state index in [9.17, 15) is 15.2 Å². The molecule has 1 aliphatic carbocycles. The van der Waals surface area contributed by atoms with E-state index in [1.54, 1.807) is 0 Å². The lowest BCUT2D eigenvalue weighted by Gasteiger charge is -2.26. The van der Waals surface area contributed by atoms with E-state index in [0.717, 1.165) is 31.9 Å². The Balaban J connectivity index is 2.09. The summed E-state index contributed by atoms with van der Waals surface area (Å²) in [5.41, 5.74) is 4.36. The average molecular weight is 281 g/mol. The number of rotatable bonds is 4. The number of aromatic nitrogens is 2. The monoisotopic (exact) mass is 281 g/mol. The van der Waals surface area contributed by atoms with Gasteiger partial charge in [-0.15, -0.1) is 0 Å². The fourth-order valence-corrected chi connectivity index (χ4v) is 2.46. The molecule has 20 heavy (non-hydrogen) atoms. The van der Waals surface area contributed by atoms with Crippen LogP contribution < -0.4 is 11.1 Å². The molecule has 1 aliphatic rings. The molecule has 0 aromatic carbocycles. The number of anilines is 2. The molecular formula is C12H19N5O3. The lowest BCUT2D eigenvalue weighted by atomic mass is 9.94. The molecule has 8 nitrogen and oxygen atoms in total. The Bertz CT molecular complexity index is 486. The number of nitrogens with one attached hydrogen (secondary N) is 1. The molecule has 1 heterocycles. The summed E-state index contributed by atoms with van der Waals surface area (Å²) < 4.78 is 0. The number of hydrogen-bond donors (Lipinski definition) is 3. The van der Waals surface area contributed by atoms with Crippen LogP contribution in [0.25, 0.3) is 0 Å². The second-order valence-corrected chi connectivity index (χ2v) is 5.21. The Morgan fingerprint density at radius 1 is 1.40 bits per heavy atom. The quantitative estimate of drug-likeness (QED) is 0.433. The van der Waals surface area contributed by atoms with Crippen molar-refractivity contribution in [2.75, 3.05) is 17.6 Å². The first-order valence-electron chi connectivity index (χ1n) is 6.73. The molecule has 1 aromatic heterocycles. The van der Waals surface area contributed by atoms with Gasteiger partial charge in [0.05, 0.1) is 10.5 Å². The van der Waals surface area contributed by atoms with Gasteiger partial charge in [0.2, 0.25) is 11.8 Å². The van der Waals surface area contributed by atoms with Crippen molar-refractivity contribution in [2.45, 2.75) is 44.1 Å². The molecule has 1 fully saturated rings. The third-order valence-electron chi connectivity index (χ3n) is 3.60. The number of aliphatic hydroxyl groups is 1. The summed E-state index contributed by atoms with van der Waals surface area (Å²) >= 11 is 0. The average Bonchev–Trinajstić information content (AvgIpc) is 2.62. The van der Waals surface area contributed by atoms with Crippen LogP contribution in [0.2, 0.25) is 0 Å². The Hall–Kier alpha value is -1.96. The smallest absolute Gasteiger partial charge is 0.329 e. The van der Waals surface area contributed by atoms with Crippen molar-refractivity contribution in [3.8, 4) is 0 Å². The minimum atomic E-state index is -0.843. The summed E-state index contributed by atoms with van der Waals surface area (Å²) in [5.74, 6) is 0.0196. The van der Waals surface area contributed by atoms with Crippen LogP contribution in [-0.4, -0.2) is 32.1 Å². The number of nitro groups is 1. The Kier molecular flexibility index (Phi) is 4.33. The predicted molar refractivity (Wildman–Crippen MR) is 74.2 cm³/mol. The SMILES string of the molecule is Nc1ncc([N+](=O)[O-])c(NCC2(O)CCCCCC2)n1. The summed E-state index contributed by atoms with van der Waals surface area (Å²) in [6, 6.07) is 0. The standard InChI is InChI=1S/C12H19N5O3/c13-11-14-7-9(17(19)20)10(16-11)15-8-12(18)5-3-1-2-4-6-12/h7,18H,1-6,8H2,(H3,13,14,15,16). The first kappa shape index (κ1) is 14.4. The van der Waals surface area contributed by atoms with Gasteiger partial charge in [-0.2, -0.15) is 4.98 Å². The number of nitrogens with zero attached hydrogens (tertiary/aromatic N) is 3. The van der Waals surface area contributed by atoms with Gasteiger partial charge < -0.3 is 16.2 Å². The summed E-state index contributed by atoms with van der Waals surface area (Å²) in [5, 5.41) is 24.3. The number of hydrogen-bond acceptors (Lipinski definition) is 7. The second kappa shape index (κ2) is 6.00. The second-order valence-electron chi connectivity index (χ2n) is 5.21. The van der Waals surface area contributed by atoms with E-state index in [2.05, 4.69) is 15.3 Å². The zero-order valence-electron chi connectivity index (χ0n) is 11.2. The van der Waals surface area contributed by atoms with Crippen molar-refractivity contribution in [2.24, 2.45) is 0 Å². The van der Waals surface area contributed by atoms with Gasteiger partial charge in [0.15, 0.2) is 0 Å². The van der Waals surface area contributed by atoms with Crippen molar-refractivity contribution in [1.82, 2.24) is 9.97 Å². The lowest BCUT2D eigenvalue weighted by molar-refractivity contribution is -0.384. The lowest BCUT2D eigenvalue weighted by Crippen LogP contribution is -2.36. The maximum atomic E-state index is 10.9. The molecule has 0 aliphatic heterocycles. The van der Waals surface area contributed by atoms with Crippen LogP contribution >= 0.6 is 0 Å². The van der Waals surface area contributed by atoms with E-state index in [-0.39, 0.29) is 24.0 Å². The summed E-state index contributed by atoms with van der Waals surface area (Å²) in [7, 11) is 0. The van der Waals surface area contributed by atoms with Gasteiger partial charge in [-0.3, -0.25) is 10.1 Å². The van der Waals surface area contributed by atoms with Crippen LogP contribution in [0.1, 0.15) is 38.5 Å². The van der Waals surface area contributed by atoms with Crippen LogP contribution in [0.4, 0.5) is 17.5 Å². The molecule has 8 heteroatoms. The molecule has 110 valence electrons. The zero-order chi connectivity index (χ0) is 14.6. The fraction of sp³-hybridized carbons (Fsp3) is 0.667. The van der Waals surface area contributed by atoms with E-state index in [1.807, 2.05) is 0 Å². The maximum absolute atomic E-state index is 10.9. The molecular weight excluding hydrogens is 262 g/mol. The van der Waals surface area contributed by atoms with Gasteiger partial charge in [-0.1, -0.05) is 25.7 Å². The van der Waals surface area contributed by atoms with Crippen molar-refractivity contribution in [3.05, 3.63) is 16.3 Å². The van der Waals surface area contributed by atoms with E-state index in [4.69, 9.17) is 5.73 Å². The van der Waals surface area contributed by atoms with E-state index in [0.29, 0.717) is 12.8 Å². The topological polar surface area (TPSA) is 127 Å². The molecule has 0 amide bonds. The summed E-state index contributed by atoms with van der Waals surface area (Å²) in [6.45, 7) is 0.226. The first-order chi connectivity index (χ1) is 9.50. The Morgan fingerprint density at radius 2 is 2.05 bits per heavy atom. The molecule has 0 spiro atoms. The van der Waals surface area contributed by atoms with Crippen LogP contribution in [0.15, 0.2) is 6.20 Å². The molecule has 4 N–H and O–H groups in total. The molecule has 0 atom stereocenters. The molecule has 1 saturated carbocycles. The Morgan fingerprint density at radius 3 is 2.65 bits per heavy atom. The van der Waals surface area contributed by atoms with Gasteiger partial charge in [0.25, 0.3) is 0 Å². The van der Waals surface area contributed by atoms with Gasteiger partial charge in [-0.05, 0) is 12.8 Å². The molecule has 1 aromatic rings. The van der Waals surface area contributed by atoms with Crippen LogP contribution in [0, 0.1) is 10.1 Å². The number of nitrogen functional groups attached to an aromatic ring is 1. The molecule has 2 rings (SSSR count). The van der Waals surface area contributed by atoms with E-state index < -0.39 is 10.5 Å². The largest absolute Gasteiger partial charge is 0.388 e. The third-order valence-corrected chi connectivity index (χ3v) is 3.60. The molecule has 0 saturated heterocycles. The zero-order valence-corrected chi connectivity index (χ0v) is 11.2. The highest BCUT2D eigenvalue weighted by atomic mass is 16.6. The van der Waals surface area contributed by atoms with Crippen molar-refractivity contribution in [1.29, 1.82) is 0 Å². The molecule has 0 bridgehead atoms. The Labute approximate surface area is 116 Å². The van der Waals surface area contributed by atoms with Crippen molar-refractivity contribution < 1.29 is 10.0 Å². The molecule has 0 unspecified atom stereocenters.